The Balaban J connectivity index is 1.15. The lowest BCUT2D eigenvalue weighted by Gasteiger charge is -2.63. The van der Waals surface area contributed by atoms with Crippen LogP contribution in [-0.4, -0.2) is 60.4 Å². The molecule has 3 fully saturated rings. The van der Waals surface area contributed by atoms with Crippen LogP contribution in [0.25, 0.3) is 0 Å². The first-order valence-electron chi connectivity index (χ1n) is 14.6. The lowest BCUT2D eigenvalue weighted by atomic mass is 9.49. The van der Waals surface area contributed by atoms with Gasteiger partial charge >= 0.3 is 0 Å². The van der Waals surface area contributed by atoms with Gasteiger partial charge in [-0.15, -0.1) is 0 Å². The summed E-state index contributed by atoms with van der Waals surface area (Å²) < 4.78 is 11.7. The number of ether oxygens (including phenoxy) is 2. The van der Waals surface area contributed by atoms with Crippen LogP contribution in [0.2, 0.25) is 0 Å². The zero-order chi connectivity index (χ0) is 29.4. The number of rotatable bonds is 6. The highest BCUT2D eigenvalue weighted by Crippen LogP contribution is 2.55. The largest absolute Gasteiger partial charge is 0.495 e. The van der Waals surface area contributed by atoms with Gasteiger partial charge in [0, 0.05) is 59.1 Å². The standard InChI is InChI=1S/C34H41N3O4/c1-33(2)31(34(3,4)32(33)41-28-13-12-25(21-35)29(20-28)40-5)36-30(39)24-10-8-22(9-11-24)6-7-23-18-26(19-23)37-16-14-27(38)15-17-37/h8-13,20,23,26-27,31-32,38H,14-19H2,1-5H3,(H,36,39). The minimum Gasteiger partial charge on any atom is -0.495 e. The molecule has 7 nitrogen and oxygen atoms in total. The minimum atomic E-state index is -0.319. The third-order valence-electron chi connectivity index (χ3n) is 9.36. The highest BCUT2D eigenvalue weighted by Gasteiger charge is 2.64. The number of nitrogens with zero attached hydrogens (tertiary/aromatic N) is 2. The van der Waals surface area contributed by atoms with Crippen LogP contribution in [0.1, 0.15) is 74.9 Å². The first-order valence-corrected chi connectivity index (χ1v) is 14.6. The van der Waals surface area contributed by atoms with Crippen LogP contribution in [0.5, 0.6) is 11.5 Å². The molecule has 2 aromatic carbocycles. The molecule has 0 unspecified atom stereocenters. The smallest absolute Gasteiger partial charge is 0.251 e. The first-order chi connectivity index (χ1) is 19.5. The number of aliphatic hydroxyl groups excluding tert-OH is 1. The normalized spacial score (nSPS) is 26.8. The molecule has 216 valence electrons. The fourth-order valence-corrected chi connectivity index (χ4v) is 7.13. The predicted molar refractivity (Wildman–Crippen MR) is 158 cm³/mol. The molecule has 1 saturated heterocycles. The summed E-state index contributed by atoms with van der Waals surface area (Å²) in [6, 6.07) is 15.4. The van der Waals surface area contributed by atoms with Crippen LogP contribution < -0.4 is 14.8 Å². The highest BCUT2D eigenvalue weighted by atomic mass is 16.5. The van der Waals surface area contributed by atoms with Gasteiger partial charge in [0.15, 0.2) is 0 Å². The van der Waals surface area contributed by atoms with Crippen LogP contribution in [-0.2, 0) is 0 Å². The summed E-state index contributed by atoms with van der Waals surface area (Å²) in [6.45, 7) is 10.4. The van der Waals surface area contributed by atoms with Gasteiger partial charge in [-0.25, -0.2) is 0 Å². The van der Waals surface area contributed by atoms with E-state index in [1.807, 2.05) is 24.3 Å². The molecular weight excluding hydrogens is 514 g/mol. The molecular formula is C34H41N3O4. The van der Waals surface area contributed by atoms with Crippen molar-refractivity contribution >= 4 is 5.91 Å². The summed E-state index contributed by atoms with van der Waals surface area (Å²) in [6.07, 6.45) is 3.67. The fraction of sp³-hybridized carbons (Fsp3) is 0.529. The number of hydrogen-bond acceptors (Lipinski definition) is 6. The van der Waals surface area contributed by atoms with Crippen molar-refractivity contribution in [1.29, 1.82) is 5.26 Å². The first kappa shape index (κ1) is 29.0. The van der Waals surface area contributed by atoms with Crippen LogP contribution in [0.3, 0.4) is 0 Å². The monoisotopic (exact) mass is 555 g/mol. The molecule has 41 heavy (non-hydrogen) atoms. The average Bonchev–Trinajstić information content (AvgIpc) is 2.94. The fourth-order valence-electron chi connectivity index (χ4n) is 7.13. The van der Waals surface area contributed by atoms with E-state index < -0.39 is 0 Å². The second kappa shape index (κ2) is 11.4. The zero-order valence-corrected chi connectivity index (χ0v) is 24.7. The zero-order valence-electron chi connectivity index (χ0n) is 24.7. The Morgan fingerprint density at radius 2 is 1.71 bits per heavy atom. The number of methoxy groups -OCH3 is 1. The van der Waals surface area contributed by atoms with Crippen molar-refractivity contribution in [3.8, 4) is 29.4 Å². The number of likely N-dealkylation sites (tertiary alicyclic amines) is 1. The van der Waals surface area contributed by atoms with Crippen LogP contribution in [0.15, 0.2) is 42.5 Å². The molecule has 7 heteroatoms. The number of amides is 1. The molecule has 2 aromatic rings. The third-order valence-corrected chi connectivity index (χ3v) is 9.36. The Bertz CT molecular complexity index is 1350. The van der Waals surface area contributed by atoms with Gasteiger partial charge in [-0.05, 0) is 62.1 Å². The molecule has 1 aliphatic heterocycles. The Morgan fingerprint density at radius 1 is 1.05 bits per heavy atom. The van der Waals surface area contributed by atoms with Crippen LogP contribution in [0, 0.1) is 39.9 Å². The summed E-state index contributed by atoms with van der Waals surface area (Å²) in [5.74, 6) is 8.12. The van der Waals surface area contributed by atoms with E-state index in [2.05, 4.69) is 55.8 Å². The van der Waals surface area contributed by atoms with Crippen molar-refractivity contribution < 1.29 is 19.4 Å². The SMILES string of the molecule is COc1cc(OC2C(C)(C)C(NC(=O)c3ccc(C#CC4CC(N5CCC(O)CC5)C4)cc3)C2(C)C)ccc1C#N. The van der Waals surface area contributed by atoms with Crippen molar-refractivity contribution in [3.63, 3.8) is 0 Å². The van der Waals surface area contributed by atoms with E-state index in [4.69, 9.17) is 9.47 Å². The van der Waals surface area contributed by atoms with E-state index in [9.17, 15) is 15.2 Å². The van der Waals surface area contributed by atoms with E-state index in [-0.39, 0.29) is 35.0 Å². The number of aliphatic hydroxyl groups is 1. The number of hydrogen-bond donors (Lipinski definition) is 2. The van der Waals surface area contributed by atoms with Gasteiger partial charge in [0.05, 0.1) is 18.8 Å². The van der Waals surface area contributed by atoms with E-state index in [1.165, 1.54) is 7.11 Å². The molecule has 2 aliphatic carbocycles. The van der Waals surface area contributed by atoms with E-state index >= 15 is 0 Å². The molecule has 3 aliphatic rings. The number of benzene rings is 2. The van der Waals surface area contributed by atoms with Gasteiger partial charge < -0.3 is 24.8 Å². The van der Waals surface area contributed by atoms with Crippen molar-refractivity contribution in [2.24, 2.45) is 16.7 Å². The quantitative estimate of drug-likeness (QED) is 0.499. The molecule has 1 amide bonds. The Morgan fingerprint density at radius 3 is 2.32 bits per heavy atom. The van der Waals surface area contributed by atoms with Crippen LogP contribution in [0.4, 0.5) is 0 Å². The van der Waals surface area contributed by atoms with Gasteiger partial charge in [-0.3, -0.25) is 4.79 Å². The molecule has 5 rings (SSSR count). The van der Waals surface area contributed by atoms with Crippen molar-refractivity contribution in [1.82, 2.24) is 10.2 Å². The second-order valence-corrected chi connectivity index (χ2v) is 13.0. The van der Waals surface area contributed by atoms with E-state index in [0.717, 1.165) is 44.3 Å². The number of nitriles is 1. The molecule has 2 saturated carbocycles. The lowest BCUT2D eigenvalue weighted by Crippen LogP contribution is -2.74. The van der Waals surface area contributed by atoms with E-state index in [0.29, 0.717) is 34.6 Å². The van der Waals surface area contributed by atoms with Gasteiger partial charge in [0.2, 0.25) is 0 Å². The van der Waals surface area contributed by atoms with Crippen molar-refractivity contribution in [2.45, 2.75) is 77.7 Å². The van der Waals surface area contributed by atoms with Crippen molar-refractivity contribution in [3.05, 3.63) is 59.2 Å². The highest BCUT2D eigenvalue weighted by molar-refractivity contribution is 5.94. The maximum atomic E-state index is 13.2. The summed E-state index contributed by atoms with van der Waals surface area (Å²) >= 11 is 0. The predicted octanol–water partition coefficient (Wildman–Crippen LogP) is 4.77. The Kier molecular flexibility index (Phi) is 8.06. The molecule has 0 spiro atoms. The van der Waals surface area contributed by atoms with E-state index in [1.54, 1.807) is 18.2 Å². The summed E-state index contributed by atoms with van der Waals surface area (Å²) in [5, 5.41) is 22.2. The summed E-state index contributed by atoms with van der Waals surface area (Å²) in [5.41, 5.74) is 1.35. The van der Waals surface area contributed by atoms with Gasteiger partial charge in [0.25, 0.3) is 5.91 Å². The molecule has 0 aromatic heterocycles. The second-order valence-electron chi connectivity index (χ2n) is 13.0. The van der Waals surface area contributed by atoms with Gasteiger partial charge in [-0.1, -0.05) is 39.5 Å². The van der Waals surface area contributed by atoms with Crippen molar-refractivity contribution in [2.75, 3.05) is 20.2 Å². The molecule has 0 atom stereocenters. The Labute approximate surface area is 243 Å². The number of carbonyl (C=O) groups is 1. The number of carbonyl (C=O) groups excluding carboxylic acids is 1. The lowest BCUT2D eigenvalue weighted by molar-refractivity contribution is -0.164. The average molecular weight is 556 g/mol. The summed E-state index contributed by atoms with van der Waals surface area (Å²) in [7, 11) is 1.54. The number of piperidine rings is 1. The molecule has 0 radical (unpaired) electrons. The minimum absolute atomic E-state index is 0.0954. The molecule has 0 bridgehead atoms. The maximum Gasteiger partial charge on any atom is 0.251 e. The molecule has 2 N–H and O–H groups in total. The van der Waals surface area contributed by atoms with Crippen LogP contribution >= 0.6 is 0 Å². The van der Waals surface area contributed by atoms with Gasteiger partial charge in [-0.2, -0.15) is 5.26 Å². The van der Waals surface area contributed by atoms with Gasteiger partial charge in [0.1, 0.15) is 23.7 Å². The Hall–Kier alpha value is -3.52. The topological polar surface area (TPSA) is 94.8 Å². The summed E-state index contributed by atoms with van der Waals surface area (Å²) in [4.78, 5) is 15.7. The third kappa shape index (κ3) is 5.80. The maximum absolute atomic E-state index is 13.2. The number of nitrogens with one attached hydrogen (secondary N) is 1. The molecule has 1 heterocycles.